The van der Waals surface area contributed by atoms with Gasteiger partial charge in [0.1, 0.15) is 5.03 Å². The third-order valence-corrected chi connectivity index (χ3v) is 10.7. The van der Waals surface area contributed by atoms with Crippen LogP contribution >= 0.6 is 23.4 Å². The Morgan fingerprint density at radius 3 is 1.60 bits per heavy atom. The van der Waals surface area contributed by atoms with Crippen molar-refractivity contribution in [1.82, 2.24) is 39.8 Å². The fourth-order valence-corrected chi connectivity index (χ4v) is 6.99. The number of nitrogens with one attached hydrogen (secondary N) is 4. The van der Waals surface area contributed by atoms with Crippen molar-refractivity contribution in [3.8, 4) is 22.5 Å². The van der Waals surface area contributed by atoms with Crippen molar-refractivity contribution >= 4 is 57.8 Å². The first kappa shape index (κ1) is 40.1. The fraction of sp³-hybridized carbons (Fsp3) is 0.395. The molecule has 0 saturated heterocycles. The Hall–Kier alpha value is -5.14. The van der Waals surface area contributed by atoms with Gasteiger partial charge in [-0.2, -0.15) is 10.2 Å². The number of rotatable bonds is 13. The van der Waals surface area contributed by atoms with Gasteiger partial charge in [0.15, 0.2) is 16.4 Å². The number of nitrogens with zero attached hydrogens (tertiary/aromatic N) is 6. The van der Waals surface area contributed by atoms with E-state index in [9.17, 15) is 9.59 Å². The number of hydrogen-bond acceptors (Lipinski definition) is 9. The number of aryl methyl sites for hydroxylation is 2. The highest BCUT2D eigenvalue weighted by Gasteiger charge is 2.26. The zero-order valence-electron chi connectivity index (χ0n) is 33.6. The zero-order valence-corrected chi connectivity index (χ0v) is 35.2. The average molecular weight is 807 g/mol. The summed E-state index contributed by atoms with van der Waals surface area (Å²) in [7, 11) is 0. The van der Waals surface area contributed by atoms with Gasteiger partial charge in [-0.25, -0.2) is 19.0 Å². The maximum absolute atomic E-state index is 12.4. The highest BCUT2D eigenvalue weighted by atomic mass is 35.5. The maximum Gasteiger partial charge on any atom is 0.251 e. The third-order valence-electron chi connectivity index (χ3n) is 9.85. The summed E-state index contributed by atoms with van der Waals surface area (Å²) in [6, 6.07) is 16.3. The average Bonchev–Trinajstić information content (AvgIpc) is 4.09. The second-order valence-electron chi connectivity index (χ2n) is 15.8. The molecule has 0 aliphatic heterocycles. The summed E-state index contributed by atoms with van der Waals surface area (Å²) in [5.74, 6) is 1.04. The van der Waals surface area contributed by atoms with Crippen molar-refractivity contribution in [2.45, 2.75) is 84.3 Å². The quantitative estimate of drug-likeness (QED) is 0.0844. The molecule has 4 aromatic heterocycles. The predicted octanol–water partition coefficient (Wildman–Crippen LogP) is 8.70. The molecule has 0 atom stereocenters. The molecule has 2 saturated carbocycles. The Balaban J connectivity index is 0.000000174. The number of carbonyl (C=O) groups is 2. The number of benzene rings is 2. The minimum absolute atomic E-state index is 0.00830. The van der Waals surface area contributed by atoms with Crippen LogP contribution in [0.4, 0.5) is 11.4 Å². The summed E-state index contributed by atoms with van der Waals surface area (Å²) in [5.41, 5.74) is 10.4. The highest BCUT2D eigenvalue weighted by molar-refractivity contribution is 7.98. The molecule has 57 heavy (non-hydrogen) atoms. The number of thioether (sulfide) groups is 1. The van der Waals surface area contributed by atoms with Crippen LogP contribution in [0, 0.1) is 25.7 Å². The van der Waals surface area contributed by atoms with Crippen molar-refractivity contribution in [3.05, 3.63) is 88.3 Å². The number of hydrogen-bond donors (Lipinski definition) is 4. The third kappa shape index (κ3) is 9.53. The van der Waals surface area contributed by atoms with Gasteiger partial charge in [0, 0.05) is 53.5 Å². The number of aromatic nitrogens is 6. The van der Waals surface area contributed by atoms with Crippen LogP contribution in [0.15, 0.2) is 66.0 Å². The molecule has 0 bridgehead atoms. The standard InChI is InChI=1S/C22H27N5OS.C21H24ClN5O/c1-13(2)11-23-18-10-20(29-4)26-27-19(12-24-21(18)27)15-5-8-17(14(3)9-15)22(28)25-16-6-7-16;1-12(2)10-23-17-9-19(22)26-27-18(11-24-20(17)27)14-4-7-16(13(3)8-14)21(28)25-15-5-6-15/h5,8-10,12-13,16,23H,6-7,11H2,1-4H3,(H,25,28);4,7-9,11-12,15,23H,5-6,10H2,1-3H3,(H,25,28). The van der Waals surface area contributed by atoms with Gasteiger partial charge in [0.2, 0.25) is 0 Å². The maximum atomic E-state index is 12.4. The molecule has 2 aromatic carbocycles. The van der Waals surface area contributed by atoms with Crippen LogP contribution < -0.4 is 21.3 Å². The van der Waals surface area contributed by atoms with Crippen LogP contribution in [0.25, 0.3) is 33.8 Å². The molecule has 4 heterocycles. The molecule has 2 aliphatic carbocycles. The summed E-state index contributed by atoms with van der Waals surface area (Å²) in [6.07, 6.45) is 9.98. The lowest BCUT2D eigenvalue weighted by Gasteiger charge is -2.12. The number of fused-ring (bicyclic) bond motifs is 2. The summed E-state index contributed by atoms with van der Waals surface area (Å²) in [4.78, 5) is 34.0. The van der Waals surface area contributed by atoms with Crippen molar-refractivity contribution in [3.63, 3.8) is 0 Å². The first-order chi connectivity index (χ1) is 27.4. The molecule has 12 nitrogen and oxygen atoms in total. The van der Waals surface area contributed by atoms with Crippen LogP contribution in [0.2, 0.25) is 5.15 Å². The molecular formula is C43H51ClN10O2S. The SMILES string of the molecule is CSc1cc(NCC(C)C)c2ncc(-c3ccc(C(=O)NC4CC4)c(C)c3)n2n1.Cc1cc(-c2cnc3c(NCC(C)C)cc(Cl)nn23)ccc1C(=O)NC1CC1. The molecule has 298 valence electrons. The lowest BCUT2D eigenvalue weighted by Crippen LogP contribution is -2.26. The Morgan fingerprint density at radius 1 is 0.719 bits per heavy atom. The lowest BCUT2D eigenvalue weighted by molar-refractivity contribution is 0.0942. The number of anilines is 2. The monoisotopic (exact) mass is 806 g/mol. The van der Waals surface area contributed by atoms with E-state index in [2.05, 4.69) is 70.1 Å². The van der Waals surface area contributed by atoms with Crippen molar-refractivity contribution in [2.75, 3.05) is 30.0 Å². The van der Waals surface area contributed by atoms with Gasteiger partial charge in [-0.05, 0) is 99.1 Å². The number of halogens is 1. The van der Waals surface area contributed by atoms with Gasteiger partial charge >= 0.3 is 0 Å². The van der Waals surface area contributed by atoms with Crippen molar-refractivity contribution < 1.29 is 9.59 Å². The second-order valence-corrected chi connectivity index (χ2v) is 17.1. The van der Waals surface area contributed by atoms with Crippen LogP contribution in [0.1, 0.15) is 85.2 Å². The molecular weight excluding hydrogens is 756 g/mol. The molecule has 2 amide bonds. The molecule has 0 unspecified atom stereocenters. The van der Waals surface area contributed by atoms with Gasteiger partial charge in [-0.3, -0.25) is 9.59 Å². The van der Waals surface area contributed by atoms with E-state index < -0.39 is 0 Å². The van der Waals surface area contributed by atoms with E-state index in [0.717, 1.165) is 106 Å². The molecule has 8 rings (SSSR count). The van der Waals surface area contributed by atoms with Crippen LogP contribution in [-0.2, 0) is 0 Å². The Labute approximate surface area is 343 Å². The Morgan fingerprint density at radius 2 is 1.18 bits per heavy atom. The van der Waals surface area contributed by atoms with Crippen LogP contribution in [0.5, 0.6) is 0 Å². The zero-order chi connectivity index (χ0) is 40.4. The molecule has 0 spiro atoms. The second kappa shape index (κ2) is 17.2. The van der Waals surface area contributed by atoms with Crippen molar-refractivity contribution in [2.24, 2.45) is 11.8 Å². The molecule has 2 fully saturated rings. The summed E-state index contributed by atoms with van der Waals surface area (Å²) in [6.45, 7) is 14.3. The lowest BCUT2D eigenvalue weighted by atomic mass is 10.0. The first-order valence-corrected chi connectivity index (χ1v) is 21.3. The van der Waals surface area contributed by atoms with Gasteiger partial charge in [0.25, 0.3) is 11.8 Å². The topological polar surface area (TPSA) is 143 Å². The van der Waals surface area contributed by atoms with Gasteiger partial charge in [-0.15, -0.1) is 11.8 Å². The minimum Gasteiger partial charge on any atom is -0.382 e. The molecule has 6 aromatic rings. The molecule has 4 N–H and O–H groups in total. The van der Waals surface area contributed by atoms with E-state index in [1.165, 1.54) is 0 Å². The highest BCUT2D eigenvalue weighted by Crippen LogP contribution is 2.30. The largest absolute Gasteiger partial charge is 0.382 e. The van der Waals surface area contributed by atoms with E-state index in [4.69, 9.17) is 16.7 Å². The van der Waals surface area contributed by atoms with Gasteiger partial charge < -0.3 is 21.3 Å². The summed E-state index contributed by atoms with van der Waals surface area (Å²) < 4.78 is 3.65. The number of imidazole rings is 2. The Kier molecular flexibility index (Phi) is 12.1. The van der Waals surface area contributed by atoms with E-state index in [0.29, 0.717) is 34.6 Å². The molecule has 0 radical (unpaired) electrons. The molecule has 2 aliphatic rings. The van der Waals surface area contributed by atoms with E-state index in [1.54, 1.807) is 28.5 Å². The molecule has 14 heteroatoms. The van der Waals surface area contributed by atoms with E-state index in [-0.39, 0.29) is 11.8 Å². The predicted molar refractivity (Wildman–Crippen MR) is 231 cm³/mol. The first-order valence-electron chi connectivity index (χ1n) is 19.7. The van der Waals surface area contributed by atoms with Crippen molar-refractivity contribution in [1.29, 1.82) is 0 Å². The van der Waals surface area contributed by atoms with Gasteiger partial charge in [0.05, 0.1) is 35.2 Å². The fourth-order valence-electron chi connectivity index (χ4n) is 6.40. The van der Waals surface area contributed by atoms with E-state index >= 15 is 0 Å². The normalized spacial score (nSPS) is 13.9. The summed E-state index contributed by atoms with van der Waals surface area (Å²) >= 11 is 7.86. The smallest absolute Gasteiger partial charge is 0.251 e. The van der Waals surface area contributed by atoms with Gasteiger partial charge in [-0.1, -0.05) is 51.4 Å². The van der Waals surface area contributed by atoms with Crippen LogP contribution in [-0.4, -0.2) is 72.4 Å². The van der Waals surface area contributed by atoms with E-state index in [1.807, 2.05) is 67.2 Å². The number of carbonyl (C=O) groups excluding carboxylic acids is 2. The number of amides is 2. The summed E-state index contributed by atoms with van der Waals surface area (Å²) in [5, 5.41) is 23.5. The van der Waals surface area contributed by atoms with Crippen LogP contribution in [0.3, 0.4) is 0 Å². The Bertz CT molecular complexity index is 2430. The minimum atomic E-state index is -0.00830.